The van der Waals surface area contributed by atoms with Crippen molar-refractivity contribution in [1.82, 2.24) is 5.43 Å². The first kappa shape index (κ1) is 19.2. The number of halogens is 1. The zero-order valence-electron chi connectivity index (χ0n) is 15.6. The Labute approximate surface area is 172 Å². The number of hydrogen-bond acceptors (Lipinski definition) is 4. The number of rotatable bonds is 5. The summed E-state index contributed by atoms with van der Waals surface area (Å²) in [5.74, 6) is 0.791. The number of benzene rings is 3. The summed E-state index contributed by atoms with van der Waals surface area (Å²) in [6.07, 6.45) is 0.666. The highest BCUT2D eigenvalue weighted by atomic mass is 32.2. The fourth-order valence-electron chi connectivity index (χ4n) is 3.12. The molecule has 4 rings (SSSR count). The predicted molar refractivity (Wildman–Crippen MR) is 114 cm³/mol. The Bertz CT molecular complexity index is 1050. The van der Waals surface area contributed by atoms with Crippen LogP contribution in [0.2, 0.25) is 0 Å². The second-order valence-corrected chi connectivity index (χ2v) is 7.62. The highest BCUT2D eigenvalue weighted by molar-refractivity contribution is 7.99. The maximum atomic E-state index is 13.6. The molecule has 0 aromatic heterocycles. The molecule has 1 heterocycles. The van der Waals surface area contributed by atoms with Gasteiger partial charge >= 0.3 is 0 Å². The van der Waals surface area contributed by atoms with Crippen molar-refractivity contribution in [2.45, 2.75) is 11.3 Å². The first-order chi connectivity index (χ1) is 14.2. The first-order valence-corrected chi connectivity index (χ1v) is 10.2. The first-order valence-electron chi connectivity index (χ1n) is 9.26. The molecular weight excluding hydrogens is 387 g/mol. The van der Waals surface area contributed by atoms with E-state index in [9.17, 15) is 9.18 Å². The molecular formula is C23H19FN2O2S. The maximum Gasteiger partial charge on any atom is 0.277 e. The Balaban J connectivity index is 1.43. The van der Waals surface area contributed by atoms with Gasteiger partial charge in [-0.3, -0.25) is 4.79 Å². The van der Waals surface area contributed by atoms with Crippen LogP contribution >= 0.6 is 11.8 Å². The van der Waals surface area contributed by atoms with Gasteiger partial charge in [0.15, 0.2) is 6.61 Å². The lowest BCUT2D eigenvalue weighted by atomic mass is 10.1. The van der Waals surface area contributed by atoms with E-state index in [4.69, 9.17) is 4.74 Å². The standard InChI is InChI=1S/C23H19FN2O2S/c24-17-10-11-22-19(14-17)20(12-13-29-22)25-26-23(27)15-28-21-9-5-4-8-18(21)16-6-2-1-3-7-16/h1-11,14H,12-13,15H2,(H,26,27)/b25-20-. The summed E-state index contributed by atoms with van der Waals surface area (Å²) in [4.78, 5) is 13.2. The Kier molecular flexibility index (Phi) is 5.91. The van der Waals surface area contributed by atoms with Gasteiger partial charge in [0, 0.05) is 28.2 Å². The lowest BCUT2D eigenvalue weighted by Gasteiger charge is -2.17. The zero-order valence-corrected chi connectivity index (χ0v) is 16.4. The topological polar surface area (TPSA) is 50.7 Å². The van der Waals surface area contributed by atoms with Crippen LogP contribution in [0.4, 0.5) is 4.39 Å². The van der Waals surface area contributed by atoms with E-state index in [0.29, 0.717) is 17.9 Å². The smallest absolute Gasteiger partial charge is 0.277 e. The molecule has 3 aromatic carbocycles. The minimum absolute atomic E-state index is 0.161. The Hall–Kier alpha value is -3.12. The van der Waals surface area contributed by atoms with E-state index < -0.39 is 0 Å². The van der Waals surface area contributed by atoms with Gasteiger partial charge in [-0.15, -0.1) is 11.8 Å². The van der Waals surface area contributed by atoms with E-state index in [1.54, 1.807) is 17.8 Å². The van der Waals surface area contributed by atoms with Gasteiger partial charge in [-0.25, -0.2) is 9.82 Å². The van der Waals surface area contributed by atoms with Crippen LogP contribution in [0.15, 0.2) is 82.8 Å². The van der Waals surface area contributed by atoms with E-state index in [1.165, 1.54) is 12.1 Å². The van der Waals surface area contributed by atoms with Crippen molar-refractivity contribution in [1.29, 1.82) is 0 Å². The summed E-state index contributed by atoms with van der Waals surface area (Å²) in [5, 5.41) is 4.22. The van der Waals surface area contributed by atoms with Gasteiger partial charge < -0.3 is 4.74 Å². The van der Waals surface area contributed by atoms with Crippen LogP contribution in [0.3, 0.4) is 0 Å². The van der Waals surface area contributed by atoms with Crippen molar-refractivity contribution in [2.24, 2.45) is 5.10 Å². The average Bonchev–Trinajstić information content (AvgIpc) is 2.77. The number of nitrogens with one attached hydrogen (secondary N) is 1. The van der Waals surface area contributed by atoms with Gasteiger partial charge in [-0.2, -0.15) is 5.10 Å². The number of amides is 1. The van der Waals surface area contributed by atoms with Gasteiger partial charge in [0.25, 0.3) is 5.91 Å². The third-order valence-corrected chi connectivity index (χ3v) is 5.57. The highest BCUT2D eigenvalue weighted by Gasteiger charge is 2.17. The van der Waals surface area contributed by atoms with Crippen molar-refractivity contribution in [3.05, 3.63) is 84.2 Å². The second kappa shape index (κ2) is 8.92. The number of ether oxygens (including phenoxy) is 1. The summed E-state index contributed by atoms with van der Waals surface area (Å²) < 4.78 is 19.3. The number of para-hydroxylation sites is 1. The van der Waals surface area contributed by atoms with Crippen LogP contribution in [0.5, 0.6) is 5.75 Å². The summed E-state index contributed by atoms with van der Waals surface area (Å²) in [6, 6.07) is 22.1. The number of hydrazone groups is 1. The molecule has 4 nitrogen and oxygen atoms in total. The van der Waals surface area contributed by atoms with Crippen LogP contribution in [0, 0.1) is 5.82 Å². The molecule has 6 heteroatoms. The van der Waals surface area contributed by atoms with Crippen molar-refractivity contribution in [3.8, 4) is 16.9 Å². The maximum absolute atomic E-state index is 13.6. The molecule has 0 spiro atoms. The molecule has 1 aliphatic rings. The van der Waals surface area contributed by atoms with Crippen molar-refractivity contribution in [3.63, 3.8) is 0 Å². The molecule has 1 aliphatic heterocycles. The number of thioether (sulfide) groups is 1. The fraction of sp³-hybridized carbons (Fsp3) is 0.130. The summed E-state index contributed by atoms with van der Waals surface area (Å²) in [5.41, 5.74) is 5.88. The van der Waals surface area contributed by atoms with E-state index in [1.807, 2.05) is 54.6 Å². The minimum atomic E-state index is -0.364. The number of carbonyl (C=O) groups excluding carboxylic acids is 1. The monoisotopic (exact) mass is 406 g/mol. The SMILES string of the molecule is O=C(COc1ccccc1-c1ccccc1)N/N=C1/CCSc2ccc(F)cc21. The van der Waals surface area contributed by atoms with Crippen LogP contribution in [0.1, 0.15) is 12.0 Å². The molecule has 1 N–H and O–H groups in total. The third kappa shape index (κ3) is 4.66. The molecule has 1 amide bonds. The molecule has 0 saturated heterocycles. The summed E-state index contributed by atoms with van der Waals surface area (Å²) in [6.45, 7) is -0.161. The van der Waals surface area contributed by atoms with Crippen LogP contribution < -0.4 is 10.2 Å². The van der Waals surface area contributed by atoms with Crippen molar-refractivity contribution < 1.29 is 13.9 Å². The second-order valence-electron chi connectivity index (χ2n) is 6.48. The molecule has 3 aromatic rings. The molecule has 0 radical (unpaired) electrons. The molecule has 0 fully saturated rings. The Morgan fingerprint density at radius 2 is 1.83 bits per heavy atom. The quantitative estimate of drug-likeness (QED) is 0.614. The number of hydrogen-bond donors (Lipinski definition) is 1. The molecule has 0 aliphatic carbocycles. The Morgan fingerprint density at radius 3 is 2.69 bits per heavy atom. The highest BCUT2D eigenvalue weighted by Crippen LogP contribution is 2.31. The average molecular weight is 406 g/mol. The van der Waals surface area contributed by atoms with Crippen molar-refractivity contribution in [2.75, 3.05) is 12.4 Å². The van der Waals surface area contributed by atoms with Gasteiger partial charge in [0.05, 0.1) is 5.71 Å². The fourth-order valence-corrected chi connectivity index (χ4v) is 4.13. The van der Waals surface area contributed by atoms with Gasteiger partial charge in [0.1, 0.15) is 11.6 Å². The molecule has 0 atom stereocenters. The normalized spacial score (nSPS) is 14.3. The number of nitrogens with zero attached hydrogens (tertiary/aromatic N) is 1. The van der Waals surface area contributed by atoms with E-state index >= 15 is 0 Å². The summed E-state index contributed by atoms with van der Waals surface area (Å²) in [7, 11) is 0. The lowest BCUT2D eigenvalue weighted by molar-refractivity contribution is -0.123. The predicted octanol–water partition coefficient (Wildman–Crippen LogP) is 4.89. The van der Waals surface area contributed by atoms with Gasteiger partial charge in [-0.1, -0.05) is 48.5 Å². The van der Waals surface area contributed by atoms with Crippen LogP contribution in [0.25, 0.3) is 11.1 Å². The number of carbonyl (C=O) groups is 1. The van der Waals surface area contributed by atoms with E-state index in [0.717, 1.165) is 27.3 Å². The lowest BCUT2D eigenvalue weighted by Crippen LogP contribution is -2.27. The number of fused-ring (bicyclic) bond motifs is 1. The van der Waals surface area contributed by atoms with E-state index in [2.05, 4.69) is 10.5 Å². The molecule has 0 bridgehead atoms. The Morgan fingerprint density at radius 1 is 1.03 bits per heavy atom. The van der Waals surface area contributed by atoms with Crippen LogP contribution in [-0.2, 0) is 4.79 Å². The van der Waals surface area contributed by atoms with Gasteiger partial charge in [-0.05, 0) is 29.8 Å². The zero-order chi connectivity index (χ0) is 20.1. The molecule has 146 valence electrons. The van der Waals surface area contributed by atoms with E-state index in [-0.39, 0.29) is 18.3 Å². The summed E-state index contributed by atoms with van der Waals surface area (Å²) >= 11 is 1.66. The minimum Gasteiger partial charge on any atom is -0.483 e. The largest absolute Gasteiger partial charge is 0.483 e. The van der Waals surface area contributed by atoms with Crippen LogP contribution in [-0.4, -0.2) is 24.0 Å². The molecule has 0 unspecified atom stereocenters. The molecule has 0 saturated carbocycles. The molecule has 29 heavy (non-hydrogen) atoms. The third-order valence-electron chi connectivity index (χ3n) is 4.50. The van der Waals surface area contributed by atoms with Gasteiger partial charge in [0.2, 0.25) is 0 Å². The van der Waals surface area contributed by atoms with Crippen molar-refractivity contribution >= 4 is 23.4 Å².